The lowest BCUT2D eigenvalue weighted by molar-refractivity contribution is 0.239. The third-order valence-electron chi connectivity index (χ3n) is 3.62. The van der Waals surface area contributed by atoms with Crippen LogP contribution in [0.5, 0.6) is 0 Å². The molecule has 0 saturated carbocycles. The van der Waals surface area contributed by atoms with Crippen LogP contribution in [0.1, 0.15) is 52.9 Å². The minimum atomic E-state index is 0.722. The van der Waals surface area contributed by atoms with Crippen LogP contribution in [0.4, 0.5) is 0 Å². The number of nitrogens with two attached hydrogens (primary N) is 1. The fourth-order valence-corrected chi connectivity index (χ4v) is 1.95. The fraction of sp³-hybridized carbons (Fsp3) is 1.00. The van der Waals surface area contributed by atoms with Gasteiger partial charge in [0.15, 0.2) is 0 Å². The lowest BCUT2D eigenvalue weighted by atomic mass is 9.96. The predicted molar refractivity (Wildman–Crippen MR) is 69.1 cm³/mol. The average Bonchev–Trinajstić information content (AvgIpc) is 2.26. The molecule has 0 aliphatic rings. The molecule has 0 aromatic heterocycles. The summed E-state index contributed by atoms with van der Waals surface area (Å²) in [7, 11) is 2.23. The minimum absolute atomic E-state index is 0.722. The Morgan fingerprint density at radius 1 is 1.13 bits per heavy atom. The van der Waals surface area contributed by atoms with Crippen molar-refractivity contribution in [2.75, 3.05) is 20.1 Å². The van der Waals surface area contributed by atoms with E-state index < -0.39 is 0 Å². The highest BCUT2D eigenvalue weighted by atomic mass is 15.1. The molecule has 0 aromatic carbocycles. The predicted octanol–water partition coefficient (Wildman–Crippen LogP) is 2.87. The highest BCUT2D eigenvalue weighted by Crippen LogP contribution is 2.15. The number of nitrogens with zero attached hydrogens (tertiary/aromatic N) is 1. The van der Waals surface area contributed by atoms with Crippen LogP contribution >= 0.6 is 0 Å². The molecule has 0 spiro atoms. The highest BCUT2D eigenvalue weighted by Gasteiger charge is 2.08. The number of hydrogen-bond donors (Lipinski definition) is 1. The Kier molecular flexibility index (Phi) is 9.12. The molecule has 0 aliphatic carbocycles. The Morgan fingerprint density at radius 2 is 1.80 bits per heavy atom. The molecule has 0 aliphatic heterocycles. The first kappa shape index (κ1) is 14.9. The van der Waals surface area contributed by atoms with E-state index in [1.165, 1.54) is 38.6 Å². The molecule has 2 heteroatoms. The van der Waals surface area contributed by atoms with Gasteiger partial charge in [-0.2, -0.15) is 0 Å². The van der Waals surface area contributed by atoms with Crippen molar-refractivity contribution >= 4 is 0 Å². The van der Waals surface area contributed by atoms with Crippen molar-refractivity contribution in [1.29, 1.82) is 0 Å². The van der Waals surface area contributed by atoms with Crippen LogP contribution in [-0.4, -0.2) is 31.1 Å². The zero-order valence-corrected chi connectivity index (χ0v) is 11.1. The monoisotopic (exact) mass is 214 g/mol. The van der Waals surface area contributed by atoms with Crippen LogP contribution < -0.4 is 5.73 Å². The molecule has 0 saturated heterocycles. The molecule has 0 bridgehead atoms. The molecule has 0 rings (SSSR count). The molecular formula is C13H30N2. The van der Waals surface area contributed by atoms with Gasteiger partial charge in [-0.3, -0.25) is 0 Å². The molecule has 92 valence electrons. The summed E-state index contributed by atoms with van der Waals surface area (Å²) in [6.45, 7) is 8.91. The van der Waals surface area contributed by atoms with Gasteiger partial charge >= 0.3 is 0 Å². The van der Waals surface area contributed by atoms with Gasteiger partial charge in [0.1, 0.15) is 0 Å². The van der Waals surface area contributed by atoms with E-state index in [9.17, 15) is 0 Å². The van der Waals surface area contributed by atoms with E-state index in [0.717, 1.165) is 18.5 Å². The summed E-state index contributed by atoms with van der Waals surface area (Å²) >= 11 is 0. The van der Waals surface area contributed by atoms with Crippen molar-refractivity contribution in [3.05, 3.63) is 0 Å². The van der Waals surface area contributed by atoms with Gasteiger partial charge in [0.25, 0.3) is 0 Å². The zero-order chi connectivity index (χ0) is 11.7. The van der Waals surface area contributed by atoms with Crippen molar-refractivity contribution in [3.63, 3.8) is 0 Å². The second kappa shape index (κ2) is 9.17. The summed E-state index contributed by atoms with van der Waals surface area (Å²) in [6, 6.07) is 0.722. The van der Waals surface area contributed by atoms with Crippen LogP contribution in [0.15, 0.2) is 0 Å². The van der Waals surface area contributed by atoms with Crippen LogP contribution in [-0.2, 0) is 0 Å². The second-order valence-corrected chi connectivity index (χ2v) is 4.73. The maximum atomic E-state index is 5.60. The first-order chi connectivity index (χ1) is 7.15. The second-order valence-electron chi connectivity index (χ2n) is 4.73. The molecule has 0 fully saturated rings. The van der Waals surface area contributed by atoms with Gasteiger partial charge in [0.2, 0.25) is 0 Å². The molecule has 0 heterocycles. The van der Waals surface area contributed by atoms with Gasteiger partial charge < -0.3 is 10.6 Å². The van der Waals surface area contributed by atoms with E-state index in [1.54, 1.807) is 0 Å². The maximum absolute atomic E-state index is 5.60. The number of hydrogen-bond acceptors (Lipinski definition) is 2. The molecule has 15 heavy (non-hydrogen) atoms. The molecule has 2 nitrogen and oxygen atoms in total. The molecular weight excluding hydrogens is 184 g/mol. The average molecular weight is 214 g/mol. The molecule has 0 aromatic rings. The van der Waals surface area contributed by atoms with E-state index >= 15 is 0 Å². The first-order valence-corrected chi connectivity index (χ1v) is 6.55. The van der Waals surface area contributed by atoms with Crippen LogP contribution in [0.2, 0.25) is 0 Å². The van der Waals surface area contributed by atoms with Gasteiger partial charge in [-0.1, -0.05) is 20.3 Å². The van der Waals surface area contributed by atoms with Crippen molar-refractivity contribution in [3.8, 4) is 0 Å². The normalized spacial score (nSPS) is 15.6. The van der Waals surface area contributed by atoms with Crippen molar-refractivity contribution < 1.29 is 0 Å². The van der Waals surface area contributed by atoms with Gasteiger partial charge in [-0.15, -0.1) is 0 Å². The number of rotatable bonds is 9. The quantitative estimate of drug-likeness (QED) is 0.639. The van der Waals surface area contributed by atoms with Crippen molar-refractivity contribution in [1.82, 2.24) is 4.90 Å². The van der Waals surface area contributed by atoms with Crippen LogP contribution in [0.3, 0.4) is 0 Å². The van der Waals surface area contributed by atoms with Gasteiger partial charge in [0, 0.05) is 6.04 Å². The maximum Gasteiger partial charge on any atom is 0.00612 e. The topological polar surface area (TPSA) is 29.3 Å². The summed E-state index contributed by atoms with van der Waals surface area (Å²) in [4.78, 5) is 2.47. The Hall–Kier alpha value is -0.0800. The summed E-state index contributed by atoms with van der Waals surface area (Å²) in [6.07, 6.45) is 6.39. The Morgan fingerprint density at radius 3 is 2.27 bits per heavy atom. The molecule has 2 atom stereocenters. The summed E-state index contributed by atoms with van der Waals surface area (Å²) < 4.78 is 0. The summed E-state index contributed by atoms with van der Waals surface area (Å²) in [5.74, 6) is 0.848. The summed E-state index contributed by atoms with van der Waals surface area (Å²) in [5.41, 5.74) is 5.60. The Labute approximate surface area is 96.2 Å². The van der Waals surface area contributed by atoms with E-state index in [2.05, 4.69) is 32.7 Å². The standard InChI is InChI=1S/C13H30N2/c1-5-12(3)15(4)11-7-8-13(6-2)9-10-14/h12-13H,5-11,14H2,1-4H3. The van der Waals surface area contributed by atoms with E-state index in [1.807, 2.05) is 0 Å². The molecule has 2 unspecified atom stereocenters. The lowest BCUT2D eigenvalue weighted by Gasteiger charge is -2.24. The van der Waals surface area contributed by atoms with Crippen molar-refractivity contribution in [2.24, 2.45) is 11.7 Å². The highest BCUT2D eigenvalue weighted by molar-refractivity contribution is 4.63. The van der Waals surface area contributed by atoms with Crippen molar-refractivity contribution in [2.45, 2.75) is 58.9 Å². The third kappa shape index (κ3) is 6.91. The minimum Gasteiger partial charge on any atom is -0.330 e. The summed E-state index contributed by atoms with van der Waals surface area (Å²) in [5, 5.41) is 0. The van der Waals surface area contributed by atoms with Gasteiger partial charge in [-0.05, 0) is 58.7 Å². The van der Waals surface area contributed by atoms with Gasteiger partial charge in [-0.25, -0.2) is 0 Å². The Bertz CT molecular complexity index is 134. The lowest BCUT2D eigenvalue weighted by Crippen LogP contribution is -2.29. The SMILES string of the molecule is CCC(CCN)CCCN(C)C(C)CC. The zero-order valence-electron chi connectivity index (χ0n) is 11.1. The van der Waals surface area contributed by atoms with Gasteiger partial charge in [0.05, 0.1) is 0 Å². The molecule has 2 N–H and O–H groups in total. The fourth-order valence-electron chi connectivity index (χ4n) is 1.95. The first-order valence-electron chi connectivity index (χ1n) is 6.55. The van der Waals surface area contributed by atoms with E-state index in [0.29, 0.717) is 0 Å². The Balaban J connectivity index is 3.58. The third-order valence-corrected chi connectivity index (χ3v) is 3.62. The smallest absolute Gasteiger partial charge is 0.00612 e. The van der Waals surface area contributed by atoms with Crippen LogP contribution in [0.25, 0.3) is 0 Å². The van der Waals surface area contributed by atoms with Crippen LogP contribution in [0, 0.1) is 5.92 Å². The van der Waals surface area contributed by atoms with E-state index in [4.69, 9.17) is 5.73 Å². The van der Waals surface area contributed by atoms with E-state index in [-0.39, 0.29) is 0 Å². The molecule has 0 amide bonds. The molecule has 0 radical (unpaired) electrons. The largest absolute Gasteiger partial charge is 0.330 e.